The van der Waals surface area contributed by atoms with Crippen molar-refractivity contribution >= 4 is 12.4 Å². The smallest absolute Gasteiger partial charge is 0.293 e. The second kappa shape index (κ2) is 12.9. The summed E-state index contributed by atoms with van der Waals surface area (Å²) in [7, 11) is 6.96. The first-order valence-electron chi connectivity index (χ1n) is 12.9. The molecule has 1 aliphatic heterocycles. The van der Waals surface area contributed by atoms with E-state index >= 15 is 0 Å². The van der Waals surface area contributed by atoms with Crippen molar-refractivity contribution in [1.29, 1.82) is 0 Å². The summed E-state index contributed by atoms with van der Waals surface area (Å²) in [5.41, 5.74) is 2.63. The van der Waals surface area contributed by atoms with Crippen molar-refractivity contribution < 1.29 is 38.4 Å². The second-order valence-corrected chi connectivity index (χ2v) is 9.93. The lowest BCUT2D eigenvalue weighted by Crippen LogP contribution is -2.40. The van der Waals surface area contributed by atoms with Crippen molar-refractivity contribution in [3.63, 3.8) is 0 Å². The standard InChI is InChI=1S/C28H37N3O8/c1-31(2)8-7-29-6-5-26(33)30-27-18(14-37-15-32)9-19(17-10-24(35-3)28(34)25(11-17)36-4)20-12-22-23(13-21(20)27)39-16-38-22/h10-13,15,18-19,27,29,34H,5-9,14,16H2,1-4H3,(H,30,33)/t18?,19-,27?/m1/s1. The molecule has 2 unspecified atom stereocenters. The Hall–Kier alpha value is -3.70. The Morgan fingerprint density at radius 2 is 1.74 bits per heavy atom. The largest absolute Gasteiger partial charge is 0.502 e. The maximum Gasteiger partial charge on any atom is 0.293 e. The summed E-state index contributed by atoms with van der Waals surface area (Å²) in [5.74, 6) is 1.15. The lowest BCUT2D eigenvalue weighted by molar-refractivity contribution is -0.130. The molecule has 212 valence electrons. The third kappa shape index (κ3) is 6.48. The van der Waals surface area contributed by atoms with Gasteiger partial charge in [-0.3, -0.25) is 9.59 Å². The fraction of sp³-hybridized carbons (Fsp3) is 0.500. The first-order valence-corrected chi connectivity index (χ1v) is 12.9. The molecule has 2 aliphatic rings. The number of aromatic hydroxyl groups is 1. The molecule has 0 fully saturated rings. The van der Waals surface area contributed by atoms with Crippen LogP contribution in [0.5, 0.6) is 28.7 Å². The molecule has 39 heavy (non-hydrogen) atoms. The average molecular weight is 544 g/mol. The van der Waals surface area contributed by atoms with Crippen molar-refractivity contribution in [2.45, 2.75) is 24.8 Å². The van der Waals surface area contributed by atoms with E-state index < -0.39 is 6.04 Å². The van der Waals surface area contributed by atoms with E-state index in [4.69, 9.17) is 23.7 Å². The summed E-state index contributed by atoms with van der Waals surface area (Å²) in [6.45, 7) is 2.86. The van der Waals surface area contributed by atoms with Crippen LogP contribution in [0.3, 0.4) is 0 Å². The number of likely N-dealkylation sites (N-methyl/N-ethyl adjacent to an activating group) is 1. The summed E-state index contributed by atoms with van der Waals surface area (Å²) in [6, 6.07) is 6.96. The molecule has 1 aliphatic carbocycles. The van der Waals surface area contributed by atoms with E-state index in [2.05, 4.69) is 15.5 Å². The van der Waals surface area contributed by atoms with Crippen LogP contribution < -0.4 is 29.6 Å². The number of fused-ring (bicyclic) bond motifs is 2. The average Bonchev–Trinajstić information content (AvgIpc) is 3.39. The predicted octanol–water partition coefficient (Wildman–Crippen LogP) is 2.16. The van der Waals surface area contributed by atoms with Crippen molar-refractivity contribution in [2.75, 3.05) is 61.3 Å². The van der Waals surface area contributed by atoms with Crippen LogP contribution in [0.1, 0.15) is 41.5 Å². The van der Waals surface area contributed by atoms with E-state index in [1.807, 2.05) is 26.2 Å². The molecule has 2 aromatic carbocycles. The van der Waals surface area contributed by atoms with Crippen LogP contribution in [0, 0.1) is 5.92 Å². The maximum atomic E-state index is 13.0. The second-order valence-electron chi connectivity index (χ2n) is 9.93. The van der Waals surface area contributed by atoms with Gasteiger partial charge in [0.05, 0.1) is 26.9 Å². The van der Waals surface area contributed by atoms with Gasteiger partial charge in [-0.1, -0.05) is 0 Å². The number of phenolic OH excluding ortho intramolecular Hbond substituents is 1. The van der Waals surface area contributed by atoms with Crippen molar-refractivity contribution in [1.82, 2.24) is 15.5 Å². The summed E-state index contributed by atoms with van der Waals surface area (Å²) in [5, 5.41) is 16.9. The Morgan fingerprint density at radius 3 is 2.36 bits per heavy atom. The third-order valence-electron chi connectivity index (χ3n) is 7.16. The van der Waals surface area contributed by atoms with Crippen molar-refractivity contribution in [3.05, 3.63) is 41.0 Å². The normalized spacial score (nSPS) is 19.4. The van der Waals surface area contributed by atoms with E-state index in [0.29, 0.717) is 37.4 Å². The number of nitrogens with one attached hydrogen (secondary N) is 2. The van der Waals surface area contributed by atoms with Gasteiger partial charge < -0.3 is 44.3 Å². The fourth-order valence-corrected chi connectivity index (χ4v) is 5.19. The molecule has 3 N–H and O–H groups in total. The van der Waals surface area contributed by atoms with Gasteiger partial charge in [0.25, 0.3) is 6.47 Å². The zero-order chi connectivity index (χ0) is 27.9. The van der Waals surface area contributed by atoms with Gasteiger partial charge in [0.15, 0.2) is 23.0 Å². The molecule has 4 rings (SSSR count). The van der Waals surface area contributed by atoms with Gasteiger partial charge in [-0.05, 0) is 61.5 Å². The Morgan fingerprint density at radius 1 is 1.08 bits per heavy atom. The van der Waals surface area contributed by atoms with Crippen LogP contribution >= 0.6 is 0 Å². The monoisotopic (exact) mass is 543 g/mol. The van der Waals surface area contributed by atoms with E-state index in [0.717, 1.165) is 29.8 Å². The highest BCUT2D eigenvalue weighted by atomic mass is 16.7. The van der Waals surface area contributed by atoms with Crippen LogP contribution in [-0.2, 0) is 14.3 Å². The molecule has 1 heterocycles. The first-order chi connectivity index (χ1) is 18.9. The van der Waals surface area contributed by atoms with Gasteiger partial charge in [0.2, 0.25) is 18.4 Å². The van der Waals surface area contributed by atoms with Crippen LogP contribution in [0.15, 0.2) is 24.3 Å². The Kier molecular flexibility index (Phi) is 9.36. The molecule has 0 spiro atoms. The van der Waals surface area contributed by atoms with Gasteiger partial charge in [-0.15, -0.1) is 0 Å². The SMILES string of the molecule is COc1cc([C@H]2CC(COC=O)C(NC(=O)CCNCCN(C)C)c3cc4c(cc32)OCO4)cc(OC)c1O. The zero-order valence-corrected chi connectivity index (χ0v) is 22.8. The number of amides is 1. The molecule has 0 radical (unpaired) electrons. The number of rotatable bonds is 13. The first kappa shape index (κ1) is 28.3. The molecule has 0 saturated heterocycles. The van der Waals surface area contributed by atoms with E-state index in [9.17, 15) is 14.7 Å². The molecule has 0 aromatic heterocycles. The number of methoxy groups -OCH3 is 2. The highest BCUT2D eigenvalue weighted by molar-refractivity contribution is 5.77. The minimum absolute atomic E-state index is 0.0874. The number of ether oxygens (including phenoxy) is 5. The highest BCUT2D eigenvalue weighted by Gasteiger charge is 2.39. The van der Waals surface area contributed by atoms with Crippen LogP contribution in [0.4, 0.5) is 0 Å². The van der Waals surface area contributed by atoms with E-state index in [-0.39, 0.29) is 48.4 Å². The predicted molar refractivity (Wildman–Crippen MR) is 143 cm³/mol. The number of carbonyl (C=O) groups excluding carboxylic acids is 2. The summed E-state index contributed by atoms with van der Waals surface area (Å²) < 4.78 is 27.4. The molecular formula is C28H37N3O8. The third-order valence-corrected chi connectivity index (χ3v) is 7.16. The topological polar surface area (TPSA) is 128 Å². The molecule has 11 heteroatoms. The number of carbonyl (C=O) groups is 2. The van der Waals surface area contributed by atoms with Gasteiger partial charge in [-0.2, -0.15) is 0 Å². The highest BCUT2D eigenvalue weighted by Crippen LogP contribution is 2.51. The molecule has 0 bridgehead atoms. The minimum atomic E-state index is -0.416. The minimum Gasteiger partial charge on any atom is -0.502 e. The lowest BCUT2D eigenvalue weighted by atomic mass is 9.71. The molecule has 1 amide bonds. The lowest BCUT2D eigenvalue weighted by Gasteiger charge is -2.38. The summed E-state index contributed by atoms with van der Waals surface area (Å²) >= 11 is 0. The summed E-state index contributed by atoms with van der Waals surface area (Å²) in [6.07, 6.45) is 0.852. The Labute approximate surface area is 228 Å². The maximum absolute atomic E-state index is 13.0. The zero-order valence-electron chi connectivity index (χ0n) is 22.8. The van der Waals surface area contributed by atoms with Gasteiger partial charge in [0, 0.05) is 37.9 Å². The van der Waals surface area contributed by atoms with Gasteiger partial charge in [-0.25, -0.2) is 0 Å². The number of nitrogens with zero attached hydrogens (tertiary/aromatic N) is 1. The van der Waals surface area contributed by atoms with Gasteiger partial charge >= 0.3 is 0 Å². The fourth-order valence-electron chi connectivity index (χ4n) is 5.19. The Balaban J connectivity index is 1.68. The number of benzene rings is 2. The van der Waals surface area contributed by atoms with Gasteiger partial charge in [0.1, 0.15) is 0 Å². The van der Waals surface area contributed by atoms with Crippen molar-refractivity contribution in [3.8, 4) is 28.7 Å². The Bertz CT molecular complexity index is 1150. The van der Waals surface area contributed by atoms with E-state index in [1.165, 1.54) is 14.2 Å². The molecule has 0 saturated carbocycles. The number of phenols is 1. The van der Waals surface area contributed by atoms with Crippen LogP contribution in [-0.4, -0.2) is 83.7 Å². The van der Waals surface area contributed by atoms with Crippen LogP contribution in [0.2, 0.25) is 0 Å². The quantitative estimate of drug-likeness (QED) is 0.255. The van der Waals surface area contributed by atoms with Crippen molar-refractivity contribution in [2.24, 2.45) is 5.92 Å². The molecular weight excluding hydrogens is 506 g/mol. The molecule has 3 atom stereocenters. The number of hydrogen-bond donors (Lipinski definition) is 3. The van der Waals surface area contributed by atoms with E-state index in [1.54, 1.807) is 12.1 Å². The summed E-state index contributed by atoms with van der Waals surface area (Å²) in [4.78, 5) is 26.3. The number of hydrogen-bond acceptors (Lipinski definition) is 10. The molecule has 11 nitrogen and oxygen atoms in total. The molecule has 2 aromatic rings. The van der Waals surface area contributed by atoms with Crippen LogP contribution in [0.25, 0.3) is 0 Å².